The Balaban J connectivity index is 2.47. The zero-order valence-corrected chi connectivity index (χ0v) is 9.57. The quantitative estimate of drug-likeness (QED) is 0.550. The number of aryl methyl sites for hydroxylation is 1. The fourth-order valence-electron chi connectivity index (χ4n) is 1.43. The highest BCUT2D eigenvalue weighted by Crippen LogP contribution is 2.06. The van der Waals surface area contributed by atoms with Gasteiger partial charge in [0.2, 0.25) is 0 Å². The zero-order valence-electron chi connectivity index (χ0n) is 9.57. The van der Waals surface area contributed by atoms with Crippen molar-refractivity contribution in [3.05, 3.63) is 18.0 Å². The molecular formula is C10H19N5. The van der Waals surface area contributed by atoms with E-state index >= 15 is 0 Å². The second-order valence-electron chi connectivity index (χ2n) is 3.97. The first kappa shape index (κ1) is 11.7. The van der Waals surface area contributed by atoms with Crippen LogP contribution in [-0.4, -0.2) is 33.6 Å². The van der Waals surface area contributed by atoms with Crippen molar-refractivity contribution < 1.29 is 0 Å². The Bertz CT molecular complexity index is 330. The number of nitrogens with one attached hydrogen (secondary N) is 1. The minimum Gasteiger partial charge on any atom is -0.388 e. The number of hydrogen-bond acceptors (Lipinski definition) is 3. The van der Waals surface area contributed by atoms with Crippen molar-refractivity contribution in [3.63, 3.8) is 0 Å². The number of nitrogens with two attached hydrogens (primary N) is 1. The molecule has 0 spiro atoms. The van der Waals surface area contributed by atoms with Gasteiger partial charge in [-0.25, -0.2) is 0 Å². The Morgan fingerprint density at radius 2 is 2.40 bits per heavy atom. The van der Waals surface area contributed by atoms with E-state index in [4.69, 9.17) is 11.1 Å². The smallest absolute Gasteiger partial charge is 0.0920 e. The molecule has 15 heavy (non-hydrogen) atoms. The molecule has 0 saturated carbocycles. The van der Waals surface area contributed by atoms with Crippen molar-refractivity contribution in [2.45, 2.75) is 25.9 Å². The molecule has 1 rings (SSSR count). The summed E-state index contributed by atoms with van der Waals surface area (Å²) in [5.41, 5.74) is 6.40. The molecule has 5 heteroatoms. The topological polar surface area (TPSA) is 70.9 Å². The number of aromatic nitrogens is 2. The Labute approximate surface area is 90.4 Å². The van der Waals surface area contributed by atoms with Gasteiger partial charge in [0.15, 0.2) is 0 Å². The molecule has 0 bridgehead atoms. The lowest BCUT2D eigenvalue weighted by Crippen LogP contribution is -2.32. The summed E-state index contributed by atoms with van der Waals surface area (Å²) in [6.45, 7) is 2.85. The largest absolute Gasteiger partial charge is 0.388 e. The van der Waals surface area contributed by atoms with Gasteiger partial charge in [-0.05, 0) is 20.0 Å². The molecule has 0 saturated heterocycles. The van der Waals surface area contributed by atoms with Crippen LogP contribution in [0, 0.1) is 5.41 Å². The lowest BCUT2D eigenvalue weighted by Gasteiger charge is -2.23. The summed E-state index contributed by atoms with van der Waals surface area (Å²) < 4.78 is 1.79. The van der Waals surface area contributed by atoms with E-state index in [0.29, 0.717) is 6.42 Å². The van der Waals surface area contributed by atoms with Crippen molar-refractivity contribution >= 4 is 5.84 Å². The minimum atomic E-state index is 0.232. The number of rotatable bonds is 5. The van der Waals surface area contributed by atoms with Gasteiger partial charge in [-0.2, -0.15) is 5.10 Å². The molecule has 1 aromatic heterocycles. The van der Waals surface area contributed by atoms with Crippen LogP contribution in [0.3, 0.4) is 0 Å². The average molecular weight is 209 g/mol. The van der Waals surface area contributed by atoms with E-state index in [2.05, 4.69) is 16.9 Å². The molecule has 5 nitrogen and oxygen atoms in total. The fourth-order valence-corrected chi connectivity index (χ4v) is 1.43. The summed E-state index contributed by atoms with van der Waals surface area (Å²) in [5, 5.41) is 11.5. The van der Waals surface area contributed by atoms with Crippen LogP contribution in [-0.2, 0) is 13.6 Å². The van der Waals surface area contributed by atoms with Crippen LogP contribution in [0.5, 0.6) is 0 Å². The summed E-state index contributed by atoms with van der Waals surface area (Å²) in [5.74, 6) is 0.232. The van der Waals surface area contributed by atoms with E-state index < -0.39 is 0 Å². The predicted molar refractivity (Wildman–Crippen MR) is 60.7 cm³/mol. The molecule has 0 aliphatic rings. The minimum absolute atomic E-state index is 0.232. The van der Waals surface area contributed by atoms with Gasteiger partial charge in [0.1, 0.15) is 0 Å². The molecule has 0 amide bonds. The van der Waals surface area contributed by atoms with Crippen molar-refractivity contribution in [3.8, 4) is 0 Å². The molecular weight excluding hydrogens is 190 g/mol. The first-order chi connectivity index (χ1) is 6.99. The van der Waals surface area contributed by atoms with Crippen LogP contribution in [0.1, 0.15) is 19.0 Å². The third-order valence-electron chi connectivity index (χ3n) is 2.45. The second-order valence-corrected chi connectivity index (χ2v) is 3.97. The molecule has 1 aromatic rings. The van der Waals surface area contributed by atoms with Crippen molar-refractivity contribution in [1.82, 2.24) is 14.7 Å². The third-order valence-corrected chi connectivity index (χ3v) is 2.45. The standard InChI is InChI=1S/C10H19N5/c1-8(6-10(11)12)14(2)7-9-4-5-15(3)13-9/h4-5,8H,6-7H2,1-3H3,(H3,11,12). The van der Waals surface area contributed by atoms with E-state index in [1.54, 1.807) is 4.68 Å². The summed E-state index contributed by atoms with van der Waals surface area (Å²) in [6, 6.07) is 2.27. The van der Waals surface area contributed by atoms with Crippen LogP contribution < -0.4 is 5.73 Å². The van der Waals surface area contributed by atoms with E-state index in [1.807, 2.05) is 26.4 Å². The van der Waals surface area contributed by atoms with Gasteiger partial charge >= 0.3 is 0 Å². The van der Waals surface area contributed by atoms with Crippen LogP contribution in [0.2, 0.25) is 0 Å². The first-order valence-electron chi connectivity index (χ1n) is 5.00. The van der Waals surface area contributed by atoms with Gasteiger partial charge in [0, 0.05) is 32.3 Å². The monoisotopic (exact) mass is 209 g/mol. The van der Waals surface area contributed by atoms with Crippen LogP contribution >= 0.6 is 0 Å². The Morgan fingerprint density at radius 1 is 1.73 bits per heavy atom. The van der Waals surface area contributed by atoms with Gasteiger partial charge in [0.25, 0.3) is 0 Å². The predicted octanol–water partition coefficient (Wildman–Crippen LogP) is 0.566. The molecule has 0 radical (unpaired) electrons. The molecule has 0 aromatic carbocycles. The SMILES string of the molecule is CC(CC(=N)N)N(C)Cc1ccn(C)n1. The van der Waals surface area contributed by atoms with Crippen LogP contribution in [0.4, 0.5) is 0 Å². The maximum Gasteiger partial charge on any atom is 0.0920 e. The molecule has 3 N–H and O–H groups in total. The maximum atomic E-state index is 7.23. The summed E-state index contributed by atoms with van der Waals surface area (Å²) >= 11 is 0. The van der Waals surface area contributed by atoms with Crippen molar-refractivity contribution in [1.29, 1.82) is 5.41 Å². The fraction of sp³-hybridized carbons (Fsp3) is 0.600. The van der Waals surface area contributed by atoms with E-state index in [9.17, 15) is 0 Å². The third kappa shape index (κ3) is 3.71. The summed E-state index contributed by atoms with van der Waals surface area (Å²) in [6.07, 6.45) is 2.53. The van der Waals surface area contributed by atoms with Gasteiger partial charge in [0.05, 0.1) is 11.5 Å². The Hall–Kier alpha value is -1.36. The maximum absolute atomic E-state index is 7.23. The highest BCUT2D eigenvalue weighted by Gasteiger charge is 2.11. The Kier molecular flexibility index (Phi) is 3.85. The highest BCUT2D eigenvalue weighted by molar-refractivity contribution is 5.77. The van der Waals surface area contributed by atoms with Gasteiger partial charge in [-0.3, -0.25) is 15.0 Å². The van der Waals surface area contributed by atoms with E-state index in [-0.39, 0.29) is 11.9 Å². The molecule has 0 fully saturated rings. The highest BCUT2D eigenvalue weighted by atomic mass is 15.3. The van der Waals surface area contributed by atoms with Crippen LogP contribution in [0.25, 0.3) is 0 Å². The van der Waals surface area contributed by atoms with Crippen molar-refractivity contribution in [2.75, 3.05) is 7.05 Å². The molecule has 0 aliphatic heterocycles. The van der Waals surface area contributed by atoms with E-state index in [1.165, 1.54) is 0 Å². The van der Waals surface area contributed by atoms with Gasteiger partial charge in [-0.1, -0.05) is 0 Å². The van der Waals surface area contributed by atoms with Crippen molar-refractivity contribution in [2.24, 2.45) is 12.8 Å². The molecule has 84 valence electrons. The molecule has 0 aliphatic carbocycles. The van der Waals surface area contributed by atoms with Gasteiger partial charge < -0.3 is 5.73 Å². The molecule has 1 atom stereocenters. The number of amidine groups is 1. The number of hydrogen-bond donors (Lipinski definition) is 2. The summed E-state index contributed by atoms with van der Waals surface area (Å²) in [4.78, 5) is 2.14. The summed E-state index contributed by atoms with van der Waals surface area (Å²) in [7, 11) is 3.92. The first-order valence-corrected chi connectivity index (χ1v) is 5.00. The molecule has 1 unspecified atom stereocenters. The average Bonchev–Trinajstić information content (AvgIpc) is 2.50. The normalized spacial score (nSPS) is 13.1. The van der Waals surface area contributed by atoms with Gasteiger partial charge in [-0.15, -0.1) is 0 Å². The lowest BCUT2D eigenvalue weighted by molar-refractivity contribution is 0.251. The second kappa shape index (κ2) is 4.93. The number of nitrogens with zero attached hydrogens (tertiary/aromatic N) is 3. The van der Waals surface area contributed by atoms with Crippen LogP contribution in [0.15, 0.2) is 12.3 Å². The zero-order chi connectivity index (χ0) is 11.4. The lowest BCUT2D eigenvalue weighted by atomic mass is 10.2. The molecule has 1 heterocycles. The Morgan fingerprint density at radius 3 is 2.87 bits per heavy atom. The van der Waals surface area contributed by atoms with E-state index in [0.717, 1.165) is 12.2 Å².